The molecule has 0 saturated carbocycles. The molecule has 1 nitrogen and oxygen atoms in total. The van der Waals surface area contributed by atoms with Gasteiger partial charge >= 0.3 is 51.7 Å². The van der Waals surface area contributed by atoms with Gasteiger partial charge in [0.25, 0.3) is 0 Å². The molecule has 0 saturated heterocycles. The summed E-state index contributed by atoms with van der Waals surface area (Å²) in [4.78, 5) is 9.52. The molecule has 0 fully saturated rings. The zero-order valence-electron chi connectivity index (χ0n) is 1.91. The van der Waals surface area contributed by atoms with E-state index in [1.807, 2.05) is 0 Å². The van der Waals surface area contributed by atoms with E-state index in [2.05, 4.69) is 0 Å². The molecule has 4 heavy (non-hydrogen) atoms. The van der Waals surface area contributed by atoms with E-state index in [9.17, 15) is 4.79 Å². The average molecular weight is 265 g/mol. The summed E-state index contributed by atoms with van der Waals surface area (Å²) in [5.41, 5.74) is 0. The van der Waals surface area contributed by atoms with Crippen LogP contribution in [-0.2, 0) is 0 Å². The molecule has 0 aliphatic heterocycles. The molecule has 0 aromatic rings. The summed E-state index contributed by atoms with van der Waals surface area (Å²) >= 11 is 2.08. The molecule has 0 amide bonds. The van der Waals surface area contributed by atoms with Crippen molar-refractivity contribution in [2.24, 2.45) is 0 Å². The second-order valence-corrected chi connectivity index (χ2v) is 6.99. The number of carbonyl (C=O) groups is 1. The molecule has 0 bridgehead atoms. The molecule has 0 spiro atoms. The summed E-state index contributed by atoms with van der Waals surface area (Å²) in [7, 11) is 0. The van der Waals surface area contributed by atoms with Crippen LogP contribution in [0.25, 0.3) is 0 Å². The van der Waals surface area contributed by atoms with Crippen molar-refractivity contribution in [1.29, 1.82) is 0 Å². The molecule has 0 aliphatic carbocycles. The van der Waals surface area contributed by atoms with Crippen molar-refractivity contribution in [3.05, 3.63) is 0 Å². The van der Waals surface area contributed by atoms with Gasteiger partial charge in [-0.25, -0.2) is 0 Å². The fraction of sp³-hybridized carbons (Fsp3) is 0. The summed E-state index contributed by atoms with van der Waals surface area (Å²) in [6, 6.07) is 0. The SMILES string of the molecule is O=[C]([Sn])[Sn]. The zero-order valence-corrected chi connectivity index (χ0v) is 7.62. The van der Waals surface area contributed by atoms with Gasteiger partial charge in [0.2, 0.25) is 0 Å². The van der Waals surface area contributed by atoms with Gasteiger partial charge in [0, 0.05) is 0 Å². The summed E-state index contributed by atoms with van der Waals surface area (Å²) in [5.74, 6) is 0. The Hall–Kier alpha value is 1.27. The van der Waals surface area contributed by atoms with E-state index in [0.717, 1.165) is 45.0 Å². The Morgan fingerprint density at radius 1 is 1.50 bits per heavy atom. The molecule has 0 N–H and O–H groups in total. The van der Waals surface area contributed by atoms with E-state index in [1.165, 1.54) is 0 Å². The van der Waals surface area contributed by atoms with Crippen molar-refractivity contribution in [3.63, 3.8) is 0 Å². The van der Waals surface area contributed by atoms with Crippen LogP contribution in [0, 0.1) is 0 Å². The van der Waals surface area contributed by atoms with Gasteiger partial charge in [-0.2, -0.15) is 0 Å². The van der Waals surface area contributed by atoms with Crippen molar-refractivity contribution < 1.29 is 4.79 Å². The van der Waals surface area contributed by atoms with Gasteiger partial charge < -0.3 is 0 Å². The standard InChI is InChI=1S/CO.2Sn/c1-2;;. The monoisotopic (exact) mass is 268 g/mol. The van der Waals surface area contributed by atoms with Crippen LogP contribution in [0.15, 0.2) is 0 Å². The van der Waals surface area contributed by atoms with Crippen molar-refractivity contribution >= 4 is 46.9 Å². The van der Waals surface area contributed by atoms with Gasteiger partial charge in [-0.1, -0.05) is 0 Å². The van der Waals surface area contributed by atoms with E-state index in [4.69, 9.17) is 0 Å². The summed E-state index contributed by atoms with van der Waals surface area (Å²) in [6.45, 7) is 0. The van der Waals surface area contributed by atoms with E-state index in [0.29, 0.717) is 1.82 Å². The third kappa shape index (κ3) is 10.5. The maximum absolute atomic E-state index is 9.52. The van der Waals surface area contributed by atoms with Gasteiger partial charge in [-0.15, -0.1) is 0 Å². The third-order valence-corrected chi connectivity index (χ3v) is 0. The first kappa shape index (κ1) is 5.27. The van der Waals surface area contributed by atoms with Crippen LogP contribution in [0.5, 0.6) is 0 Å². The predicted molar refractivity (Wildman–Crippen MR) is 16.9 cm³/mol. The second-order valence-electron chi connectivity index (χ2n) is 0.329. The Morgan fingerprint density at radius 3 is 1.50 bits per heavy atom. The van der Waals surface area contributed by atoms with Crippen molar-refractivity contribution in [2.45, 2.75) is 0 Å². The number of rotatable bonds is 0. The van der Waals surface area contributed by atoms with Crippen LogP contribution in [0.1, 0.15) is 0 Å². The van der Waals surface area contributed by atoms with E-state index < -0.39 is 0 Å². The zero-order chi connectivity index (χ0) is 3.58. The topological polar surface area (TPSA) is 17.1 Å². The fourth-order valence-corrected chi connectivity index (χ4v) is 0. The molecule has 0 aromatic carbocycles. The van der Waals surface area contributed by atoms with Gasteiger partial charge in [0.15, 0.2) is 0 Å². The Balaban J connectivity index is 2.80. The quantitative estimate of drug-likeness (QED) is 0.537. The number of hydrogen-bond donors (Lipinski definition) is 0. The van der Waals surface area contributed by atoms with Crippen molar-refractivity contribution in [1.82, 2.24) is 0 Å². The van der Waals surface area contributed by atoms with Crippen LogP contribution < -0.4 is 0 Å². The van der Waals surface area contributed by atoms with Crippen LogP contribution in [0.4, 0.5) is 4.79 Å². The fourth-order valence-electron chi connectivity index (χ4n) is 0. The first-order valence-electron chi connectivity index (χ1n) is 0.704. The Kier molecular flexibility index (Phi) is 3.29. The first-order valence-corrected chi connectivity index (χ1v) is 3.56. The van der Waals surface area contributed by atoms with E-state index in [-0.39, 0.29) is 0 Å². The molecule has 18 valence electrons. The van der Waals surface area contributed by atoms with Crippen LogP contribution in [0.3, 0.4) is 0 Å². The predicted octanol–water partition coefficient (Wildman–Crippen LogP) is -0.557. The van der Waals surface area contributed by atoms with Crippen molar-refractivity contribution in [3.8, 4) is 0 Å². The van der Waals surface area contributed by atoms with Crippen LogP contribution in [-0.4, -0.2) is 46.9 Å². The van der Waals surface area contributed by atoms with Gasteiger partial charge in [-0.3, -0.25) is 0 Å². The second kappa shape index (κ2) is 2.50. The molecule has 0 rings (SSSR count). The summed E-state index contributed by atoms with van der Waals surface area (Å²) < 4.78 is 0.347. The minimum absolute atomic E-state index is 0.347. The number of carbonyl (C=O) groups excluding carboxylic acids is 1. The van der Waals surface area contributed by atoms with Gasteiger partial charge in [-0.05, 0) is 0 Å². The van der Waals surface area contributed by atoms with E-state index >= 15 is 0 Å². The van der Waals surface area contributed by atoms with Gasteiger partial charge in [0.1, 0.15) is 0 Å². The van der Waals surface area contributed by atoms with Gasteiger partial charge in [0.05, 0.1) is 0 Å². The van der Waals surface area contributed by atoms with Crippen LogP contribution >= 0.6 is 0 Å². The molecule has 0 aromatic heterocycles. The van der Waals surface area contributed by atoms with Crippen molar-refractivity contribution in [2.75, 3.05) is 0 Å². The molecular formula is COSn2. The molecular weight excluding hydrogens is 265 g/mol. The molecule has 3 heteroatoms. The van der Waals surface area contributed by atoms with Crippen LogP contribution in [0.2, 0.25) is 0 Å². The third-order valence-electron chi connectivity index (χ3n) is 0. The molecule has 0 heterocycles. The molecule has 6 radical (unpaired) electrons. The molecule has 0 aliphatic rings. The minimum atomic E-state index is 0.347. The molecule has 0 unspecified atom stereocenters. The Morgan fingerprint density at radius 2 is 1.50 bits per heavy atom. The molecule has 0 atom stereocenters. The Labute approximate surface area is 51.3 Å². The normalized spacial score (nSPS) is 6.50. The summed E-state index contributed by atoms with van der Waals surface area (Å²) in [5, 5.41) is 0. The maximum atomic E-state index is 9.52. The van der Waals surface area contributed by atoms with E-state index in [1.54, 1.807) is 0 Å². The Bertz CT molecular complexity index is 29.0. The number of hydrogen-bond acceptors (Lipinski definition) is 1. The summed E-state index contributed by atoms with van der Waals surface area (Å²) in [6.07, 6.45) is 0. The first-order chi connectivity index (χ1) is 1.73. The average Bonchev–Trinajstić information content (AvgIpc) is 0.811.